The predicted octanol–water partition coefficient (Wildman–Crippen LogP) is 2.97. The van der Waals surface area contributed by atoms with E-state index < -0.39 is 70.7 Å². The van der Waals surface area contributed by atoms with Crippen molar-refractivity contribution in [3.63, 3.8) is 0 Å². The Morgan fingerprint density at radius 3 is 1.63 bits per heavy atom. The Labute approximate surface area is 594 Å². The molecule has 28 heteroatoms. The molecule has 3 saturated heterocycles. The molecule has 1 aromatic heterocycles. The summed E-state index contributed by atoms with van der Waals surface area (Å²) in [6.45, 7) is 24.8. The number of aliphatic carboxylic acids is 1. The van der Waals surface area contributed by atoms with E-state index in [1.54, 1.807) is 104 Å². The van der Waals surface area contributed by atoms with Crippen LogP contribution in [0.3, 0.4) is 0 Å². The molecule has 3 aliphatic heterocycles. The topological polar surface area (TPSA) is 371 Å². The average molecular weight is 1510 g/mol. The van der Waals surface area contributed by atoms with E-state index in [9.17, 15) is 48.6 Å². The normalized spacial score (nSPS) is 17.3. The second kappa shape index (κ2) is 41.9. The second-order valence-electron chi connectivity index (χ2n) is 23.3. The molecule has 11 N–H and O–H groups in total. The molecule has 0 spiro atoms. The number of esters is 2. The molecule has 0 aliphatic carbocycles. The van der Waals surface area contributed by atoms with Gasteiger partial charge in [-0.15, -0.1) is 41.8 Å². The minimum atomic E-state index is -1.77. The Balaban J connectivity index is 0.000000362. The molecule has 25 nitrogen and oxygen atoms in total. The number of halogens is 1. The van der Waals surface area contributed by atoms with Crippen molar-refractivity contribution in [1.29, 1.82) is 0.594 Å². The van der Waals surface area contributed by atoms with Crippen molar-refractivity contribution in [2.75, 3.05) is 36.4 Å². The molecule has 9 rings (SSSR count). The summed E-state index contributed by atoms with van der Waals surface area (Å²) in [7, 11) is 0. The van der Waals surface area contributed by atoms with Crippen LogP contribution in [0.5, 0.6) is 11.5 Å². The summed E-state index contributed by atoms with van der Waals surface area (Å²) in [5, 5.41) is 60.7. The van der Waals surface area contributed by atoms with Gasteiger partial charge in [0.1, 0.15) is 34.6 Å². The number of aliphatic hydroxyl groups excluding tert-OH is 2. The molecule has 0 saturated carbocycles. The van der Waals surface area contributed by atoms with Crippen LogP contribution in [0.1, 0.15) is 104 Å². The Morgan fingerprint density at radius 2 is 1.21 bits per heavy atom. The molecule has 7 atom stereocenters. The first kappa shape index (κ1) is 82.2. The van der Waals surface area contributed by atoms with Crippen LogP contribution in [-0.2, 0) is 46.3 Å². The summed E-state index contributed by atoms with van der Waals surface area (Å²) in [6, 6.07) is 31.8. The fraction of sp³-hybridized carbons (Fsp3) is 0.400. The monoisotopic (exact) mass is 1510 g/mol. The number of nitrogens with one attached hydrogen (secondary N) is 5. The first-order chi connectivity index (χ1) is 46.5. The number of aliphatic hydroxyl groups is 2. The molecule has 4 heterocycles. The Kier molecular flexibility index (Phi) is 35.1. The maximum atomic E-state index is 13.7. The summed E-state index contributed by atoms with van der Waals surface area (Å²) in [6.07, 6.45) is 3.22. The fourth-order valence-corrected chi connectivity index (χ4v) is 12.2. The summed E-state index contributed by atoms with van der Waals surface area (Å²) in [5.41, 5.74) is 4.25. The van der Waals surface area contributed by atoms with Crippen LogP contribution in [0.4, 0.5) is 0 Å². The van der Waals surface area contributed by atoms with E-state index in [4.69, 9.17) is 25.1 Å². The minimum absolute atomic E-state index is 0. The fourth-order valence-electron chi connectivity index (χ4n) is 10.1. The molecule has 3 fully saturated rings. The Morgan fingerprint density at radius 1 is 0.735 bits per heavy atom. The number of carboxylic acids is 1. The van der Waals surface area contributed by atoms with Crippen molar-refractivity contribution >= 4 is 82.0 Å². The van der Waals surface area contributed by atoms with E-state index in [1.807, 2.05) is 67.3 Å². The van der Waals surface area contributed by atoms with E-state index in [0.717, 1.165) is 28.5 Å². The first-order valence-electron chi connectivity index (χ1n) is 31.4. The molecular weight excluding hydrogens is 1410 g/mol. The zero-order valence-electron chi connectivity index (χ0n) is 57.8. The summed E-state index contributed by atoms with van der Waals surface area (Å²) < 4.78 is 21.1. The number of nitrogens with zero attached hydrogens (tertiary/aromatic N) is 4. The van der Waals surface area contributed by atoms with E-state index in [-0.39, 0.29) is 98.4 Å². The van der Waals surface area contributed by atoms with Gasteiger partial charge in [0.05, 0.1) is 24.1 Å². The quantitative estimate of drug-likeness (QED) is 0.0132. The van der Waals surface area contributed by atoms with E-state index in [2.05, 4.69) is 70.8 Å². The summed E-state index contributed by atoms with van der Waals surface area (Å²) in [5.74, 6) is -2.94. The number of benzene rings is 5. The zero-order valence-corrected chi connectivity index (χ0v) is 60.6. The average Bonchev–Trinajstić information content (AvgIpc) is 1.64. The number of carbonyl (C=O) groups excluding carboxylic acids is 7. The number of carboxylic acid groups (broad SMARTS) is 1. The van der Waals surface area contributed by atoms with Crippen LogP contribution in [0.2, 0.25) is 0 Å². The number of thioether (sulfide) groups is 2. The number of para-hydroxylation sites is 1. The van der Waals surface area contributed by atoms with Crippen LogP contribution in [0.15, 0.2) is 147 Å². The number of fused-ring (bicyclic) bond motifs is 1. The van der Waals surface area contributed by atoms with Crippen molar-refractivity contribution in [1.82, 2.24) is 46.6 Å². The van der Waals surface area contributed by atoms with Crippen molar-refractivity contribution in [2.24, 2.45) is 0 Å². The summed E-state index contributed by atoms with van der Waals surface area (Å²) >= 11 is 3.05. The number of aromatic nitrogens is 3. The van der Waals surface area contributed by atoms with Gasteiger partial charge in [-0.3, -0.25) is 38.9 Å². The van der Waals surface area contributed by atoms with Crippen LogP contribution < -0.4 is 58.5 Å². The van der Waals surface area contributed by atoms with Crippen LogP contribution in [0, 0.1) is 13.8 Å². The molecule has 534 valence electrons. The summed E-state index contributed by atoms with van der Waals surface area (Å²) in [4.78, 5) is 102. The number of rotatable bonds is 20. The van der Waals surface area contributed by atoms with Gasteiger partial charge in [-0.1, -0.05) is 102 Å². The van der Waals surface area contributed by atoms with E-state index >= 15 is 0 Å². The van der Waals surface area contributed by atoms with Gasteiger partial charge in [0.15, 0.2) is 12.2 Å². The maximum absolute atomic E-state index is 13.7. The van der Waals surface area contributed by atoms with Gasteiger partial charge < -0.3 is 66.4 Å². The zero-order chi connectivity index (χ0) is 72.7. The molecule has 5 aromatic carbocycles. The third-order valence-corrected chi connectivity index (χ3v) is 17.8. The molecule has 0 radical (unpaired) electrons. The van der Waals surface area contributed by atoms with E-state index in [1.165, 1.54) is 49.4 Å². The number of carbonyl (C=O) groups is 8. The molecule has 0 bridgehead atoms. The van der Waals surface area contributed by atoms with Gasteiger partial charge in [-0.25, -0.2) is 4.79 Å². The molecule has 5 amide bonds. The van der Waals surface area contributed by atoms with Gasteiger partial charge in [0.25, 0.3) is 17.7 Å². The molecular formula is C70H93IN9O16S2-. The molecule has 3 unspecified atom stereocenters. The Bertz CT molecular complexity index is 3620. The van der Waals surface area contributed by atoms with Gasteiger partial charge in [-0.2, -0.15) is 0 Å². The second-order valence-corrected chi connectivity index (χ2v) is 26.5. The van der Waals surface area contributed by atoms with Crippen molar-refractivity contribution in [3.05, 3.63) is 180 Å². The first-order valence-corrected chi connectivity index (χ1v) is 35.2. The number of ether oxygens (including phenoxy) is 3. The standard InChI is InChI=1S/C29H35N3O6S.C20H21NO6.C9H16N2OS.C6H5N3O.C5H10O.CH4I.H2O/c1-6-15-30-27(36)25-29(4,5)39-17-32(25)28(37)24(34)22(16-20-11-8-7-9-12-20)31-26(35)21-13-10-14-23(18(21)2)38-19(3)33;1-12-15(9-6-10-17(12)27-13(2)22)19(24)21-16(18(23)20(25)26)11-14-7-4-3-5-8-14;1-4-5-10-8(12)7-9(2,3)13-6-11-7;10-9-6-4-2-1-3-5(6)7-8-9;1-5-3-2-4-6-5;1-2;/h6-14,22,24-25,34H,1,15-17H2,2-5H3,(H,30,36)(H,31,35);3-10,16,18,23H,11H2,1-2H3,(H,21,24)(H,25,26);4,7,11H,1,5-6H2,2-3H3,(H,10,12);1-4,10H;5H,2-4H2,1H3;2H,1H3;1H2/q;;;;;-1;/t22-,24-,25?;16-,18-;;;;;/m00...../s1/i;;;;;2D;. The number of hydrogen-bond acceptors (Lipinski definition) is 19. The van der Waals surface area contributed by atoms with Crippen molar-refractivity contribution < 1.29 is 101 Å². The molecule has 6 aromatic rings. The van der Waals surface area contributed by atoms with Gasteiger partial charge in [0.2, 0.25) is 11.8 Å². The Hall–Kier alpha value is -8.23. The van der Waals surface area contributed by atoms with Gasteiger partial charge in [0, 0.05) is 71.2 Å². The van der Waals surface area contributed by atoms with Gasteiger partial charge in [-0.05, 0) is 127 Å². The molecule has 3 aliphatic rings. The third kappa shape index (κ3) is 25.9. The molecule has 98 heavy (non-hydrogen) atoms. The van der Waals surface area contributed by atoms with Crippen LogP contribution in [-0.4, -0.2) is 182 Å². The van der Waals surface area contributed by atoms with Gasteiger partial charge >= 0.3 is 45.8 Å². The number of hydrogen-bond donors (Lipinski definition) is 9. The third-order valence-electron chi connectivity index (χ3n) is 15.2. The van der Waals surface area contributed by atoms with Crippen LogP contribution >= 0.6 is 23.5 Å². The predicted molar refractivity (Wildman–Crippen MR) is 375 cm³/mol. The van der Waals surface area contributed by atoms with Crippen molar-refractivity contribution in [3.8, 4) is 11.5 Å². The van der Waals surface area contributed by atoms with Crippen molar-refractivity contribution in [2.45, 2.75) is 140 Å². The SMILES string of the molecule is C=CCNC(=O)C1N(C(=O)[C@@H](O)[C@H](Cc2ccccc2)NC(=O)c2cccc(OC(C)=O)c2C)CSC1(C)C.C=CCNC(=O)C1NCSC1(C)C.CC(=O)Oc1cccc(C(=O)N[C@@H](Cc2ccccc2)[C@H](O)C(=O)O)c1C.CC1CCCO1.O.On1nnc2ccccc21.[2H][I-]C. The van der Waals surface area contributed by atoms with Crippen LogP contribution in [0.25, 0.3) is 11.0 Å². The van der Waals surface area contributed by atoms with E-state index in [0.29, 0.717) is 34.8 Å². The number of amides is 5. The number of alkyl halides is 1.